The Morgan fingerprint density at radius 1 is 1.02 bits per heavy atom. The molecule has 0 spiro atoms. The molecule has 0 aromatic heterocycles. The summed E-state index contributed by atoms with van der Waals surface area (Å²) >= 11 is 16.8. The number of aryl methyl sites for hydroxylation is 1. The normalized spacial score (nSPS) is 24.6. The van der Waals surface area contributed by atoms with Gasteiger partial charge < -0.3 is 55.0 Å². The minimum atomic E-state index is -1.65. The number of primary amides is 1. The summed E-state index contributed by atoms with van der Waals surface area (Å²) in [5.74, 6) is -5.84. The third-order valence-corrected chi connectivity index (χ3v) is 18.2. The number of fused-ring (bicyclic) bond motifs is 5. The van der Waals surface area contributed by atoms with Crippen LogP contribution in [0.3, 0.4) is 0 Å². The molecule has 5 rings (SSSR count). The zero-order chi connectivity index (χ0) is 64.8. The number of aliphatic hydroxyl groups is 1. The lowest BCUT2D eigenvalue weighted by Crippen LogP contribution is -2.53. The molecule has 4 bridgehead atoms. The standard InChI is InChI=1S/C64H86BrCl2N5O15/c1-35(2)46(30-44(73)19-14-13-18-39(6)84-60(79)38(5)34-65)58(77)70-48(20-16-24-69-62(68)81)50(74)29-42-22-23-45(47(66)27-42)59(78)71(10)41(8)61(80)86-53-31-54(75)72(11)49-28-43(26-37(4)56(49)67)25-36(3)17-15-21-52(83-12)64(82)32-51(85-55(76)33-64)40(7)57-63(53,9)87-57/h15,17,21-23,26-28,35,39-41,46,48,51-53,57,82H,5,13-14,16,18-20,24-25,29-34H2,1-4,6-12H3,(H,70,77)(H3,68,69,81)/b21-15+,36-17+/t39?,40-,41+,46+,48+,51+,52-,53+,57+,63+,64-/m1/s1. The molecular weight excluding hydrogens is 1230 g/mol. The van der Waals surface area contributed by atoms with Gasteiger partial charge in [-0.3, -0.25) is 28.8 Å². The first-order chi connectivity index (χ1) is 40.8. The van der Waals surface area contributed by atoms with Crippen molar-refractivity contribution >= 4 is 98.0 Å². The second-order valence-corrected chi connectivity index (χ2v) is 25.3. The molecule has 0 radical (unpaired) electrons. The van der Waals surface area contributed by atoms with E-state index in [1.165, 1.54) is 44.2 Å². The number of alkyl halides is 1. The van der Waals surface area contributed by atoms with Crippen molar-refractivity contribution in [2.24, 2.45) is 23.5 Å². The van der Waals surface area contributed by atoms with Gasteiger partial charge in [-0.15, -0.1) is 0 Å². The molecule has 0 aliphatic carbocycles. The van der Waals surface area contributed by atoms with Crippen LogP contribution in [-0.2, 0) is 70.1 Å². The SMILES string of the molecule is C=C(CBr)C(=O)OC(C)CCCCC(=O)C[C@H](C(=O)N[C@@H](CCCNC(N)=O)C(=O)Cc1ccc(C(=O)N(C)[C@@H](C)C(=O)O[C@H]2CC(=O)N(C)c3cc(cc(C)c3Cl)C/C(C)=C/C=C/[C@@H](OC)[C@]3(O)CC(=O)O[C@@H](C3)[C@@H](C)[C@@H]3O[C@@]23C)c(Cl)c1)C(C)C. The van der Waals surface area contributed by atoms with Crippen molar-refractivity contribution in [1.29, 1.82) is 0 Å². The molecule has 23 heteroatoms. The van der Waals surface area contributed by atoms with Gasteiger partial charge in [-0.05, 0) is 114 Å². The number of amides is 5. The van der Waals surface area contributed by atoms with E-state index in [1.807, 2.05) is 45.9 Å². The quantitative estimate of drug-likeness (QED) is 0.0181. The molecule has 20 nitrogen and oxygen atoms in total. The number of urea groups is 1. The number of anilines is 1. The summed E-state index contributed by atoms with van der Waals surface area (Å²) in [7, 11) is 4.40. The molecule has 11 atom stereocenters. The number of likely N-dealkylation sites (N-methyl/N-ethyl adjacent to an activating group) is 1. The molecule has 3 aliphatic rings. The summed E-state index contributed by atoms with van der Waals surface area (Å²) in [6.45, 7) is 17.9. The molecule has 478 valence electrons. The highest BCUT2D eigenvalue weighted by atomic mass is 79.9. The summed E-state index contributed by atoms with van der Waals surface area (Å²) < 4.78 is 29.6. The van der Waals surface area contributed by atoms with Crippen molar-refractivity contribution in [3.63, 3.8) is 0 Å². The van der Waals surface area contributed by atoms with E-state index >= 15 is 0 Å². The number of unbranched alkanes of at least 4 members (excludes halogenated alkanes) is 1. The fraction of sp³-hybridized carbons (Fsp3) is 0.578. The van der Waals surface area contributed by atoms with Crippen molar-refractivity contribution in [3.05, 3.63) is 98.6 Å². The molecule has 3 aliphatic heterocycles. The summed E-state index contributed by atoms with van der Waals surface area (Å²) in [5, 5.41) is 18.0. The van der Waals surface area contributed by atoms with Crippen LogP contribution in [0.25, 0.3) is 0 Å². The third-order valence-electron chi connectivity index (χ3n) is 16.7. The number of rotatable bonds is 25. The van der Waals surface area contributed by atoms with E-state index in [0.717, 1.165) is 21.6 Å². The lowest BCUT2D eigenvalue weighted by atomic mass is 9.78. The molecule has 0 saturated carbocycles. The Hall–Kier alpha value is -5.97. The largest absolute Gasteiger partial charge is 0.462 e. The van der Waals surface area contributed by atoms with Crippen LogP contribution in [0, 0.1) is 24.7 Å². The number of allylic oxidation sites excluding steroid dienone is 3. The second kappa shape index (κ2) is 32.0. The van der Waals surface area contributed by atoms with E-state index < -0.39 is 113 Å². The number of nitrogens with one attached hydrogen (secondary N) is 2. The van der Waals surface area contributed by atoms with E-state index in [1.54, 1.807) is 40.0 Å². The number of carbonyl (C=O) groups is 9. The molecule has 2 fully saturated rings. The summed E-state index contributed by atoms with van der Waals surface area (Å²) in [4.78, 5) is 124. The third kappa shape index (κ3) is 19.5. The lowest BCUT2D eigenvalue weighted by molar-refractivity contribution is -0.187. The Kier molecular flexibility index (Phi) is 26.4. The van der Waals surface area contributed by atoms with Gasteiger partial charge >= 0.3 is 23.9 Å². The van der Waals surface area contributed by atoms with Crippen LogP contribution in [0.4, 0.5) is 10.5 Å². The Labute approximate surface area is 529 Å². The highest BCUT2D eigenvalue weighted by Crippen LogP contribution is 2.50. The first-order valence-corrected chi connectivity index (χ1v) is 31.3. The maximum atomic E-state index is 14.5. The first-order valence-electron chi connectivity index (χ1n) is 29.4. The predicted octanol–water partition coefficient (Wildman–Crippen LogP) is 8.75. The molecule has 2 saturated heterocycles. The number of ketones is 2. The van der Waals surface area contributed by atoms with E-state index in [2.05, 4.69) is 33.1 Å². The van der Waals surface area contributed by atoms with Crippen molar-refractivity contribution < 1.29 is 71.9 Å². The van der Waals surface area contributed by atoms with E-state index in [4.69, 9.17) is 52.6 Å². The fourth-order valence-corrected chi connectivity index (χ4v) is 11.8. The highest BCUT2D eigenvalue weighted by molar-refractivity contribution is 9.09. The second-order valence-electron chi connectivity index (χ2n) is 24.0. The molecular formula is C64H86BrCl2N5O15. The Morgan fingerprint density at radius 2 is 1.72 bits per heavy atom. The van der Waals surface area contributed by atoms with Crippen LogP contribution in [0.1, 0.15) is 140 Å². The lowest BCUT2D eigenvalue weighted by Gasteiger charge is -2.41. The number of methoxy groups -OCH3 is 1. The van der Waals surface area contributed by atoms with Gasteiger partial charge in [-0.1, -0.05) is 102 Å². The average molecular weight is 1320 g/mol. The van der Waals surface area contributed by atoms with Crippen LogP contribution in [0.2, 0.25) is 10.0 Å². The first kappa shape index (κ1) is 71.8. The van der Waals surface area contributed by atoms with Crippen LogP contribution >= 0.6 is 39.1 Å². The number of ether oxygens (including phenoxy) is 5. The average Bonchev–Trinajstić information content (AvgIpc) is 1.64. The number of esters is 3. The number of nitrogens with two attached hydrogens (primary N) is 1. The Balaban J connectivity index is 1.31. The maximum Gasteiger partial charge on any atom is 0.334 e. The van der Waals surface area contributed by atoms with Crippen molar-refractivity contribution in [3.8, 4) is 0 Å². The molecule has 3 heterocycles. The van der Waals surface area contributed by atoms with Gasteiger partial charge in [0.25, 0.3) is 5.91 Å². The Bertz CT molecular complexity index is 2970. The van der Waals surface area contributed by atoms with Gasteiger partial charge in [-0.25, -0.2) is 14.4 Å². The summed E-state index contributed by atoms with van der Waals surface area (Å²) in [5.41, 5.74) is 5.92. The number of hydrogen-bond acceptors (Lipinski definition) is 15. The monoisotopic (exact) mass is 1310 g/mol. The molecule has 2 aromatic carbocycles. The van der Waals surface area contributed by atoms with Crippen molar-refractivity contribution in [2.45, 2.75) is 186 Å². The smallest absolute Gasteiger partial charge is 0.334 e. The van der Waals surface area contributed by atoms with Gasteiger partial charge in [0.2, 0.25) is 11.8 Å². The van der Waals surface area contributed by atoms with Gasteiger partial charge in [0.1, 0.15) is 41.3 Å². The van der Waals surface area contributed by atoms with Crippen LogP contribution in [-0.4, -0.2) is 150 Å². The van der Waals surface area contributed by atoms with Crippen LogP contribution in [0.5, 0.6) is 0 Å². The number of nitrogens with zero attached hydrogens (tertiary/aromatic N) is 2. The Morgan fingerprint density at radius 3 is 2.37 bits per heavy atom. The molecule has 1 unspecified atom stereocenters. The summed E-state index contributed by atoms with van der Waals surface area (Å²) in [6.07, 6.45) is 2.90. The minimum absolute atomic E-state index is 0.0113. The highest BCUT2D eigenvalue weighted by Gasteiger charge is 2.64. The van der Waals surface area contributed by atoms with Crippen molar-refractivity contribution in [1.82, 2.24) is 15.5 Å². The zero-order valence-corrected chi connectivity index (χ0v) is 54.9. The number of Topliss-reactive ketones (excluding diaryl/α,β-unsaturated/α-hetero) is 2. The predicted molar refractivity (Wildman–Crippen MR) is 333 cm³/mol. The topological polar surface area (TPSA) is 280 Å². The molecule has 5 N–H and O–H groups in total. The number of benzene rings is 2. The van der Waals surface area contributed by atoms with Gasteiger partial charge in [0.15, 0.2) is 5.78 Å². The van der Waals surface area contributed by atoms with Crippen LogP contribution < -0.4 is 21.3 Å². The van der Waals surface area contributed by atoms with Gasteiger partial charge in [-0.2, -0.15) is 0 Å². The number of hydrogen-bond donors (Lipinski definition) is 4. The molecule has 2 aromatic rings. The zero-order valence-electron chi connectivity index (χ0n) is 51.8. The fourth-order valence-electron chi connectivity index (χ4n) is 11.0. The molecule has 5 amide bonds. The van der Waals surface area contributed by atoms with E-state index in [0.29, 0.717) is 52.9 Å². The minimum Gasteiger partial charge on any atom is -0.462 e. The number of epoxide rings is 1. The van der Waals surface area contributed by atoms with Gasteiger partial charge in [0.05, 0.1) is 52.4 Å². The van der Waals surface area contributed by atoms with E-state index in [9.17, 15) is 48.3 Å². The molecule has 87 heavy (non-hydrogen) atoms. The maximum absolute atomic E-state index is 14.5. The van der Waals surface area contributed by atoms with Crippen molar-refractivity contribution in [2.75, 3.05) is 38.0 Å². The number of carbonyl (C=O) groups excluding carboxylic acids is 9. The van der Waals surface area contributed by atoms with E-state index in [-0.39, 0.29) is 79.9 Å². The van der Waals surface area contributed by atoms with Crippen LogP contribution in [0.15, 0.2) is 66.3 Å². The van der Waals surface area contributed by atoms with Gasteiger partial charge in [0, 0.05) is 76.2 Å². The summed E-state index contributed by atoms with van der Waals surface area (Å²) in [6, 6.07) is 5.05. The number of halogens is 3.